The van der Waals surface area contributed by atoms with Gasteiger partial charge in [-0.25, -0.2) is 0 Å². The normalized spacial score (nSPS) is 23.1. The molecule has 56 valence electrons. The summed E-state index contributed by atoms with van der Waals surface area (Å²) in [6.45, 7) is 0.613. The van der Waals surface area contributed by atoms with E-state index in [0.29, 0.717) is 13.0 Å². The Morgan fingerprint density at radius 3 is 3.20 bits per heavy atom. The molecule has 3 nitrogen and oxygen atoms in total. The largest absolute Gasteiger partial charge is 0.469 e. The molecule has 0 aromatic carbocycles. The molecule has 0 saturated heterocycles. The third-order valence-electron chi connectivity index (χ3n) is 1.35. The number of carbonyl (C=O) groups excluding carboxylic acids is 1. The van der Waals surface area contributed by atoms with Crippen molar-refractivity contribution in [3.05, 3.63) is 12.2 Å². The average molecular weight is 142 g/mol. The smallest absolute Gasteiger partial charge is 0.308 e. The van der Waals surface area contributed by atoms with Crippen molar-refractivity contribution in [1.82, 2.24) is 0 Å². The highest BCUT2D eigenvalue weighted by Crippen LogP contribution is 2.07. The molecule has 0 radical (unpaired) electrons. The zero-order valence-corrected chi connectivity index (χ0v) is 5.87. The molecule has 1 rings (SSSR count). The Labute approximate surface area is 59.6 Å². The van der Waals surface area contributed by atoms with E-state index >= 15 is 0 Å². The summed E-state index contributed by atoms with van der Waals surface area (Å²) in [5.41, 5.74) is 0. The molecule has 1 atom stereocenters. The average Bonchev–Trinajstić information content (AvgIpc) is 2.40. The highest BCUT2D eigenvalue weighted by Gasteiger charge is 2.13. The van der Waals surface area contributed by atoms with Gasteiger partial charge in [-0.1, -0.05) is 12.2 Å². The van der Waals surface area contributed by atoms with Crippen molar-refractivity contribution in [2.75, 3.05) is 13.7 Å². The summed E-state index contributed by atoms with van der Waals surface area (Å²) in [5, 5.41) is 0. The molecule has 0 aliphatic carbocycles. The molecule has 0 fully saturated rings. The summed E-state index contributed by atoms with van der Waals surface area (Å²) < 4.78 is 9.57. The lowest BCUT2D eigenvalue weighted by molar-refractivity contribution is -0.142. The van der Waals surface area contributed by atoms with Crippen molar-refractivity contribution in [2.45, 2.75) is 12.5 Å². The fraction of sp³-hybridized carbons (Fsp3) is 0.571. The van der Waals surface area contributed by atoms with Crippen LogP contribution in [-0.2, 0) is 14.3 Å². The number of esters is 1. The molecule has 0 bridgehead atoms. The summed E-state index contributed by atoms with van der Waals surface area (Å²) in [4.78, 5) is 10.6. The molecule has 0 aromatic heterocycles. The standard InChI is InChI=1S/C7H10O3/c1-9-7(8)5-6-3-2-4-10-6/h2-3,6H,4-5H2,1H3/t6-/m0/s1. The first kappa shape index (κ1) is 7.28. The van der Waals surface area contributed by atoms with E-state index in [1.165, 1.54) is 7.11 Å². The van der Waals surface area contributed by atoms with Crippen LogP contribution in [0.3, 0.4) is 0 Å². The fourth-order valence-electron chi connectivity index (χ4n) is 0.817. The van der Waals surface area contributed by atoms with E-state index in [0.717, 1.165) is 0 Å². The first-order valence-electron chi connectivity index (χ1n) is 3.18. The second-order valence-corrected chi connectivity index (χ2v) is 2.08. The third-order valence-corrected chi connectivity index (χ3v) is 1.35. The molecule has 1 aliphatic heterocycles. The highest BCUT2D eigenvalue weighted by molar-refractivity contribution is 5.70. The molecule has 0 aromatic rings. The molecule has 0 saturated carbocycles. The SMILES string of the molecule is COC(=O)C[C@@H]1C=CCO1. The molecular formula is C7H10O3. The minimum absolute atomic E-state index is 0.0625. The van der Waals surface area contributed by atoms with Gasteiger partial charge in [0.1, 0.15) is 0 Å². The van der Waals surface area contributed by atoms with Gasteiger partial charge in [0.2, 0.25) is 0 Å². The summed E-state index contributed by atoms with van der Waals surface area (Å²) in [7, 11) is 1.38. The minimum atomic E-state index is -0.225. The monoisotopic (exact) mass is 142 g/mol. The summed E-state index contributed by atoms with van der Waals surface area (Å²) >= 11 is 0. The van der Waals surface area contributed by atoms with Crippen molar-refractivity contribution < 1.29 is 14.3 Å². The first-order valence-corrected chi connectivity index (χ1v) is 3.18. The van der Waals surface area contributed by atoms with E-state index in [2.05, 4.69) is 4.74 Å². The maximum absolute atomic E-state index is 10.6. The third kappa shape index (κ3) is 1.84. The summed E-state index contributed by atoms with van der Waals surface area (Å²) in [5.74, 6) is -0.225. The zero-order valence-electron chi connectivity index (χ0n) is 5.87. The molecule has 3 heteroatoms. The van der Waals surface area contributed by atoms with Crippen molar-refractivity contribution >= 4 is 5.97 Å². The minimum Gasteiger partial charge on any atom is -0.469 e. The molecule has 0 spiro atoms. The van der Waals surface area contributed by atoms with Gasteiger partial charge in [-0.2, -0.15) is 0 Å². The summed E-state index contributed by atoms with van der Waals surface area (Å²) in [6, 6.07) is 0. The maximum Gasteiger partial charge on any atom is 0.308 e. The van der Waals surface area contributed by atoms with Crippen LogP contribution in [0.25, 0.3) is 0 Å². The van der Waals surface area contributed by atoms with Gasteiger partial charge in [-0.05, 0) is 0 Å². The number of hydrogen-bond donors (Lipinski definition) is 0. The van der Waals surface area contributed by atoms with Gasteiger partial charge in [0.05, 0.1) is 26.2 Å². The van der Waals surface area contributed by atoms with Crippen LogP contribution in [0.4, 0.5) is 0 Å². The van der Waals surface area contributed by atoms with Crippen LogP contribution in [0.5, 0.6) is 0 Å². The molecule has 1 heterocycles. The second-order valence-electron chi connectivity index (χ2n) is 2.08. The van der Waals surface area contributed by atoms with Gasteiger partial charge in [-0.3, -0.25) is 4.79 Å². The van der Waals surface area contributed by atoms with Gasteiger partial charge in [0, 0.05) is 0 Å². The molecular weight excluding hydrogens is 132 g/mol. The van der Waals surface area contributed by atoms with E-state index in [1.807, 2.05) is 12.2 Å². The lowest BCUT2D eigenvalue weighted by atomic mass is 10.2. The van der Waals surface area contributed by atoms with E-state index in [1.54, 1.807) is 0 Å². The Hall–Kier alpha value is -0.830. The highest BCUT2D eigenvalue weighted by atomic mass is 16.5. The van der Waals surface area contributed by atoms with Crippen LogP contribution in [-0.4, -0.2) is 25.8 Å². The molecule has 1 aliphatic rings. The van der Waals surface area contributed by atoms with Gasteiger partial charge in [0.25, 0.3) is 0 Å². The van der Waals surface area contributed by atoms with Crippen molar-refractivity contribution in [3.8, 4) is 0 Å². The van der Waals surface area contributed by atoms with Crippen molar-refractivity contribution in [3.63, 3.8) is 0 Å². The van der Waals surface area contributed by atoms with E-state index in [4.69, 9.17) is 4.74 Å². The topological polar surface area (TPSA) is 35.5 Å². The van der Waals surface area contributed by atoms with Crippen molar-refractivity contribution in [2.24, 2.45) is 0 Å². The van der Waals surface area contributed by atoms with Crippen LogP contribution < -0.4 is 0 Å². The lowest BCUT2D eigenvalue weighted by Gasteiger charge is -2.04. The van der Waals surface area contributed by atoms with Crippen LogP contribution >= 0.6 is 0 Å². The van der Waals surface area contributed by atoms with Gasteiger partial charge < -0.3 is 9.47 Å². The van der Waals surface area contributed by atoms with E-state index < -0.39 is 0 Å². The van der Waals surface area contributed by atoms with Gasteiger partial charge in [0.15, 0.2) is 0 Å². The number of methoxy groups -OCH3 is 1. The number of hydrogen-bond acceptors (Lipinski definition) is 3. The lowest BCUT2D eigenvalue weighted by Crippen LogP contribution is -2.12. The van der Waals surface area contributed by atoms with Gasteiger partial charge in [-0.15, -0.1) is 0 Å². The number of rotatable bonds is 2. The number of carbonyl (C=O) groups is 1. The Balaban J connectivity index is 2.24. The number of ether oxygens (including phenoxy) is 2. The van der Waals surface area contributed by atoms with Crippen LogP contribution in [0.15, 0.2) is 12.2 Å². The van der Waals surface area contributed by atoms with E-state index in [9.17, 15) is 4.79 Å². The molecule has 0 amide bonds. The van der Waals surface area contributed by atoms with Crippen LogP contribution in [0.1, 0.15) is 6.42 Å². The Kier molecular flexibility index (Phi) is 2.45. The molecule has 10 heavy (non-hydrogen) atoms. The van der Waals surface area contributed by atoms with E-state index in [-0.39, 0.29) is 12.1 Å². The second kappa shape index (κ2) is 3.37. The Morgan fingerprint density at radius 1 is 1.90 bits per heavy atom. The predicted octanol–water partition coefficient (Wildman–Crippen LogP) is 0.504. The fourth-order valence-corrected chi connectivity index (χ4v) is 0.817. The van der Waals surface area contributed by atoms with Crippen LogP contribution in [0.2, 0.25) is 0 Å². The van der Waals surface area contributed by atoms with Gasteiger partial charge >= 0.3 is 5.97 Å². The maximum atomic E-state index is 10.6. The predicted molar refractivity (Wildman–Crippen MR) is 35.5 cm³/mol. The van der Waals surface area contributed by atoms with Crippen LogP contribution in [0, 0.1) is 0 Å². The Bertz CT molecular complexity index is 151. The Morgan fingerprint density at radius 2 is 2.70 bits per heavy atom. The van der Waals surface area contributed by atoms with Crippen molar-refractivity contribution in [1.29, 1.82) is 0 Å². The molecule has 0 N–H and O–H groups in total. The quantitative estimate of drug-likeness (QED) is 0.416. The first-order chi connectivity index (χ1) is 4.83. The summed E-state index contributed by atoms with van der Waals surface area (Å²) in [6.07, 6.45) is 4.03. The molecule has 0 unspecified atom stereocenters. The zero-order chi connectivity index (χ0) is 7.40.